The summed E-state index contributed by atoms with van der Waals surface area (Å²) in [6.45, 7) is 2.00. The second-order valence-electron chi connectivity index (χ2n) is 8.02. The van der Waals surface area contributed by atoms with E-state index in [1.807, 2.05) is 31.1 Å². The first-order valence-electron chi connectivity index (χ1n) is 10.6. The molecule has 0 radical (unpaired) electrons. The third-order valence-corrected chi connectivity index (χ3v) is 5.95. The molecule has 2 aromatic rings. The highest BCUT2D eigenvalue weighted by molar-refractivity contribution is 7.79. The largest absolute Gasteiger partial charge is 0.321 e. The predicted octanol–water partition coefficient (Wildman–Crippen LogP) is 5.03. The molecule has 0 amide bonds. The van der Waals surface area contributed by atoms with Gasteiger partial charge in [0, 0.05) is 12.5 Å². The van der Waals surface area contributed by atoms with Gasteiger partial charge in [0.25, 0.3) is 5.92 Å². The molecule has 2 atom stereocenters. The summed E-state index contributed by atoms with van der Waals surface area (Å²) in [5.41, 5.74) is 7.41. The summed E-state index contributed by atoms with van der Waals surface area (Å²) in [6.07, 6.45) is 3.31. The fourth-order valence-corrected chi connectivity index (χ4v) is 4.00. The molecule has 0 spiro atoms. The maximum atomic E-state index is 14.9. The smallest absolute Gasteiger partial charge is 0.265 e. The molecule has 1 fully saturated rings. The minimum Gasteiger partial charge on any atom is -0.321 e. The normalized spacial score (nSPS) is 15.9. The van der Waals surface area contributed by atoms with Crippen molar-refractivity contribution < 1.29 is 18.0 Å². The van der Waals surface area contributed by atoms with Gasteiger partial charge in [-0.25, -0.2) is 13.2 Å². The third kappa shape index (κ3) is 7.60. The standard InChI is InChI=1S/C23H26F3N3.CH2O.CH4S/c1-29-20(21(28)23(25,26)14-22(15-27)9-4-10-22)12-16-5-2-6-17(11-16)18-7-3-8-19(24)13-18;2*1-2/h2-3,5-8,11,13,20-21,29H,4,9-10,12,14,28H2,1H3;1H2;2H,1H3. The number of benzene rings is 2. The fourth-order valence-electron chi connectivity index (χ4n) is 4.00. The van der Waals surface area contributed by atoms with Crippen LogP contribution in [0.3, 0.4) is 0 Å². The number of thiol groups is 1. The number of carbonyl (C=O) groups excluding carboxylic acids is 1. The van der Waals surface area contributed by atoms with Crippen LogP contribution in [0.5, 0.6) is 0 Å². The van der Waals surface area contributed by atoms with Crippen molar-refractivity contribution in [2.24, 2.45) is 11.1 Å². The number of hydrogen-bond donors (Lipinski definition) is 3. The van der Waals surface area contributed by atoms with Crippen LogP contribution in [0, 0.1) is 22.6 Å². The van der Waals surface area contributed by atoms with Crippen LogP contribution in [0.25, 0.3) is 11.1 Å². The number of halogens is 3. The molecule has 3 rings (SSSR count). The van der Waals surface area contributed by atoms with Crippen LogP contribution in [-0.2, 0) is 11.2 Å². The molecule has 0 aliphatic heterocycles. The number of nitrogens with one attached hydrogen (secondary N) is 1. The van der Waals surface area contributed by atoms with Gasteiger partial charge in [0.15, 0.2) is 0 Å². The molecule has 2 unspecified atom stereocenters. The lowest BCUT2D eigenvalue weighted by atomic mass is 9.65. The van der Waals surface area contributed by atoms with Crippen molar-refractivity contribution in [1.29, 1.82) is 5.26 Å². The van der Waals surface area contributed by atoms with Crippen molar-refractivity contribution in [2.75, 3.05) is 13.3 Å². The summed E-state index contributed by atoms with van der Waals surface area (Å²) in [7, 11) is 1.61. The van der Waals surface area contributed by atoms with Gasteiger partial charge in [-0.15, -0.1) is 0 Å². The second-order valence-corrected chi connectivity index (χ2v) is 8.02. The monoisotopic (exact) mass is 479 g/mol. The van der Waals surface area contributed by atoms with Gasteiger partial charge >= 0.3 is 0 Å². The average Bonchev–Trinajstić information content (AvgIpc) is 2.82. The van der Waals surface area contributed by atoms with Crippen LogP contribution in [0.4, 0.5) is 13.2 Å². The summed E-state index contributed by atoms with van der Waals surface area (Å²) in [6, 6.07) is 13.6. The highest BCUT2D eigenvalue weighted by Gasteiger charge is 2.50. The van der Waals surface area contributed by atoms with Gasteiger partial charge in [-0.1, -0.05) is 42.8 Å². The number of nitrogens with two attached hydrogens (primary N) is 1. The Hall–Kier alpha value is -2.34. The topological polar surface area (TPSA) is 78.9 Å². The Morgan fingerprint density at radius 1 is 1.18 bits per heavy atom. The molecule has 1 saturated carbocycles. The molecule has 1 aliphatic rings. The van der Waals surface area contributed by atoms with Gasteiger partial charge in [-0.2, -0.15) is 17.9 Å². The van der Waals surface area contributed by atoms with E-state index in [-0.39, 0.29) is 5.82 Å². The Bertz CT molecular complexity index is 916. The van der Waals surface area contributed by atoms with Crippen molar-refractivity contribution in [3.63, 3.8) is 0 Å². The van der Waals surface area contributed by atoms with Gasteiger partial charge in [0.05, 0.1) is 17.5 Å². The molecule has 0 aromatic heterocycles. The number of likely N-dealkylation sites (N-methyl/N-ethyl adjacent to an activating group) is 1. The Kier molecular flexibility index (Phi) is 11.6. The van der Waals surface area contributed by atoms with Gasteiger partial charge in [0.1, 0.15) is 12.6 Å². The first kappa shape index (κ1) is 28.7. The molecule has 180 valence electrons. The van der Waals surface area contributed by atoms with E-state index in [1.54, 1.807) is 25.4 Å². The Balaban J connectivity index is 0.00000129. The van der Waals surface area contributed by atoms with Crippen molar-refractivity contribution in [3.05, 3.63) is 59.9 Å². The van der Waals surface area contributed by atoms with Crippen LogP contribution < -0.4 is 11.1 Å². The van der Waals surface area contributed by atoms with E-state index in [0.717, 1.165) is 23.1 Å². The maximum Gasteiger partial charge on any atom is 0.265 e. The van der Waals surface area contributed by atoms with E-state index in [1.165, 1.54) is 12.1 Å². The van der Waals surface area contributed by atoms with Crippen LogP contribution in [0.2, 0.25) is 0 Å². The highest BCUT2D eigenvalue weighted by Crippen LogP contribution is 2.48. The van der Waals surface area contributed by atoms with Crippen molar-refractivity contribution >= 4 is 19.4 Å². The minimum atomic E-state index is -3.15. The lowest BCUT2D eigenvalue weighted by molar-refractivity contribution is -0.0980. The predicted molar refractivity (Wildman–Crippen MR) is 130 cm³/mol. The molecular weight excluding hydrogens is 447 g/mol. The maximum absolute atomic E-state index is 14.9. The molecule has 8 heteroatoms. The van der Waals surface area contributed by atoms with E-state index < -0.39 is 29.8 Å². The minimum absolute atomic E-state index is 0.302. The van der Waals surface area contributed by atoms with Crippen LogP contribution in [0.1, 0.15) is 31.2 Å². The summed E-state index contributed by atoms with van der Waals surface area (Å²) in [5.74, 6) is -3.48. The number of rotatable bonds is 8. The van der Waals surface area contributed by atoms with Crippen LogP contribution in [0.15, 0.2) is 48.5 Å². The zero-order valence-corrected chi connectivity index (χ0v) is 19.9. The molecule has 2 aromatic carbocycles. The molecule has 4 nitrogen and oxygen atoms in total. The first-order valence-corrected chi connectivity index (χ1v) is 11.5. The summed E-state index contributed by atoms with van der Waals surface area (Å²) >= 11 is 3.53. The first-order chi connectivity index (χ1) is 15.8. The highest BCUT2D eigenvalue weighted by atomic mass is 32.1. The van der Waals surface area contributed by atoms with E-state index in [9.17, 15) is 18.4 Å². The van der Waals surface area contributed by atoms with Crippen LogP contribution in [-0.4, -0.2) is 38.1 Å². The van der Waals surface area contributed by atoms with E-state index in [0.29, 0.717) is 19.3 Å². The van der Waals surface area contributed by atoms with Crippen molar-refractivity contribution in [2.45, 2.75) is 50.1 Å². The lowest BCUT2D eigenvalue weighted by Gasteiger charge is -2.40. The van der Waals surface area contributed by atoms with E-state index >= 15 is 0 Å². The average molecular weight is 480 g/mol. The summed E-state index contributed by atoms with van der Waals surface area (Å²) in [5, 5.41) is 12.2. The Morgan fingerprint density at radius 2 is 1.76 bits per heavy atom. The van der Waals surface area contributed by atoms with Gasteiger partial charge < -0.3 is 15.8 Å². The molecule has 0 saturated heterocycles. The molecule has 33 heavy (non-hydrogen) atoms. The number of nitriles is 1. The zero-order chi connectivity index (χ0) is 25.1. The lowest BCUT2D eigenvalue weighted by Crippen LogP contribution is -2.57. The quantitative estimate of drug-likeness (QED) is 0.464. The SMILES string of the molecule is C=O.CNC(Cc1cccc(-c2cccc(F)c2)c1)C(N)C(F)(F)CC1(C#N)CCC1.CS. The van der Waals surface area contributed by atoms with Gasteiger partial charge in [-0.3, -0.25) is 0 Å². The number of alkyl halides is 2. The number of carbonyl (C=O) groups is 1. The van der Waals surface area contributed by atoms with Crippen LogP contribution >= 0.6 is 12.6 Å². The molecule has 1 aliphatic carbocycles. The third-order valence-electron chi connectivity index (χ3n) is 5.95. The Labute approximate surface area is 199 Å². The molecule has 3 N–H and O–H groups in total. The fraction of sp³-hybridized carbons (Fsp3) is 0.440. The molecule has 0 heterocycles. The number of hydrogen-bond acceptors (Lipinski definition) is 5. The molecule has 0 bridgehead atoms. The van der Waals surface area contributed by atoms with E-state index in [4.69, 9.17) is 10.5 Å². The van der Waals surface area contributed by atoms with E-state index in [2.05, 4.69) is 24.0 Å². The second kappa shape index (κ2) is 13.4. The van der Waals surface area contributed by atoms with Crippen molar-refractivity contribution in [3.8, 4) is 17.2 Å². The molecular formula is C25H32F3N3OS. The number of nitrogens with zero attached hydrogens (tertiary/aromatic N) is 1. The van der Waals surface area contributed by atoms with Gasteiger partial charge in [0.2, 0.25) is 0 Å². The summed E-state index contributed by atoms with van der Waals surface area (Å²) < 4.78 is 43.3. The van der Waals surface area contributed by atoms with Gasteiger partial charge in [-0.05, 0) is 61.4 Å². The van der Waals surface area contributed by atoms with Crippen molar-refractivity contribution in [1.82, 2.24) is 5.32 Å². The Morgan fingerprint density at radius 3 is 2.24 bits per heavy atom. The summed E-state index contributed by atoms with van der Waals surface area (Å²) in [4.78, 5) is 8.00. The zero-order valence-electron chi connectivity index (χ0n) is 19.0.